The van der Waals surface area contributed by atoms with E-state index >= 15 is 0 Å². The minimum atomic E-state index is -1.31. The highest BCUT2D eigenvalue weighted by Gasteiger charge is 2.61. The SMILES string of the molecule is C=C(C)C1NC(=O)[C@@H](NC(=O)[C@@H](O)C(C)C)Cc2ccc3c(c2)[C@]2(c4ccccc4NC2O3)c2oc1nc2-c1nc(C(=O)OC)co1. The summed E-state index contributed by atoms with van der Waals surface area (Å²) in [5, 5.41) is 19.6. The van der Waals surface area contributed by atoms with Crippen LogP contribution in [0.15, 0.2) is 69.7 Å². The molecular weight excluding hydrogens is 606 g/mol. The zero-order valence-corrected chi connectivity index (χ0v) is 26.1. The van der Waals surface area contributed by atoms with E-state index in [1.54, 1.807) is 20.8 Å². The number of oxazole rings is 2. The van der Waals surface area contributed by atoms with E-state index in [-0.39, 0.29) is 35.5 Å². The molecule has 0 aliphatic carbocycles. The molecule has 2 unspecified atom stereocenters. The van der Waals surface area contributed by atoms with Crippen LogP contribution in [0.4, 0.5) is 5.69 Å². The molecule has 13 nitrogen and oxygen atoms in total. The maximum absolute atomic E-state index is 13.9. The number of esters is 1. The summed E-state index contributed by atoms with van der Waals surface area (Å²) in [6.07, 6.45) is -0.711. The first kappa shape index (κ1) is 30.2. The Labute approximate surface area is 269 Å². The number of methoxy groups -OCH3 is 1. The van der Waals surface area contributed by atoms with Gasteiger partial charge >= 0.3 is 5.97 Å². The van der Waals surface area contributed by atoms with E-state index in [2.05, 4.69) is 27.5 Å². The smallest absolute Gasteiger partial charge is 0.360 e. The summed E-state index contributed by atoms with van der Waals surface area (Å²) in [5.74, 6) is -1.31. The summed E-state index contributed by atoms with van der Waals surface area (Å²) >= 11 is 0. The van der Waals surface area contributed by atoms with Crippen molar-refractivity contribution in [3.05, 3.63) is 94.9 Å². The standard InChI is InChI=1S/C34H33N5O8/c1-15(2)24-31-39-25(30-36-22(14-45-30)32(43)44-5)27(47-31)34-18-8-6-7-9-20(18)37-33(34)46-23-11-10-17(12-19(23)34)13-21(28(41)38-24)35-29(42)26(40)16(3)4/h6-12,14,16,21,24,26,33,37,40H,1,13H2,2-5H3,(H,35,42)(H,38,41)/t21-,24?,26-,33?,34+/m0/s1. The maximum atomic E-state index is 13.9. The molecule has 3 aliphatic heterocycles. The van der Waals surface area contributed by atoms with Gasteiger partial charge in [-0.2, -0.15) is 0 Å². The van der Waals surface area contributed by atoms with Crippen molar-refractivity contribution >= 4 is 23.5 Å². The number of aliphatic hydroxyl groups is 1. The number of benzene rings is 2. The number of carbonyl (C=O) groups excluding carboxylic acids is 3. The van der Waals surface area contributed by atoms with Gasteiger partial charge in [0.1, 0.15) is 35.6 Å². The lowest BCUT2D eigenvalue weighted by atomic mass is 9.72. The summed E-state index contributed by atoms with van der Waals surface area (Å²) in [4.78, 5) is 48.5. The molecule has 4 N–H and O–H groups in total. The third kappa shape index (κ3) is 4.68. The monoisotopic (exact) mass is 639 g/mol. The Bertz CT molecular complexity index is 1950. The molecule has 0 radical (unpaired) electrons. The molecule has 2 aromatic heterocycles. The molecule has 4 aromatic rings. The van der Waals surface area contributed by atoms with E-state index in [0.717, 1.165) is 16.8 Å². The van der Waals surface area contributed by atoms with Crippen molar-refractivity contribution in [1.82, 2.24) is 20.6 Å². The summed E-state index contributed by atoms with van der Waals surface area (Å²) in [6.45, 7) is 9.23. The van der Waals surface area contributed by atoms with E-state index in [1.807, 2.05) is 42.5 Å². The second-order valence-corrected chi connectivity index (χ2v) is 12.3. The lowest BCUT2D eigenvalue weighted by Crippen LogP contribution is -2.52. The Hall–Kier alpha value is -5.43. The third-order valence-electron chi connectivity index (χ3n) is 8.85. The van der Waals surface area contributed by atoms with Crippen molar-refractivity contribution in [2.24, 2.45) is 5.92 Å². The number of anilines is 1. The van der Waals surface area contributed by atoms with Crippen LogP contribution >= 0.6 is 0 Å². The molecule has 7 rings (SSSR count). The lowest BCUT2D eigenvalue weighted by molar-refractivity contribution is -0.135. The van der Waals surface area contributed by atoms with Gasteiger partial charge in [-0.25, -0.2) is 14.8 Å². The number of rotatable bonds is 6. The third-order valence-corrected chi connectivity index (χ3v) is 8.85. The van der Waals surface area contributed by atoms with Crippen LogP contribution in [0.3, 0.4) is 0 Å². The summed E-state index contributed by atoms with van der Waals surface area (Å²) in [5.41, 5.74) is 2.57. The first-order chi connectivity index (χ1) is 22.5. The number of aromatic nitrogens is 2. The van der Waals surface area contributed by atoms with Crippen LogP contribution in [0.1, 0.15) is 65.6 Å². The molecule has 5 atom stereocenters. The topological polar surface area (TPSA) is 178 Å². The van der Waals surface area contributed by atoms with E-state index in [1.165, 1.54) is 13.4 Å². The summed E-state index contributed by atoms with van der Waals surface area (Å²) < 4.78 is 23.9. The number of carbonyl (C=O) groups is 3. The molecule has 2 amide bonds. The van der Waals surface area contributed by atoms with Crippen LogP contribution in [-0.4, -0.2) is 58.3 Å². The molecule has 1 spiro atoms. The van der Waals surface area contributed by atoms with Gasteiger partial charge in [0.25, 0.3) is 0 Å². The zero-order valence-electron chi connectivity index (χ0n) is 26.1. The number of nitrogens with zero attached hydrogens (tertiary/aromatic N) is 2. The lowest BCUT2D eigenvalue weighted by Gasteiger charge is -2.28. The molecule has 5 heterocycles. The number of ether oxygens (including phenoxy) is 2. The van der Waals surface area contributed by atoms with Crippen molar-refractivity contribution in [3.63, 3.8) is 0 Å². The number of hydrogen-bond acceptors (Lipinski definition) is 11. The van der Waals surface area contributed by atoms with Crippen LogP contribution in [0.25, 0.3) is 11.6 Å². The fourth-order valence-electron chi connectivity index (χ4n) is 6.45. The quantitative estimate of drug-likeness (QED) is 0.180. The van der Waals surface area contributed by atoms with Gasteiger partial charge < -0.3 is 39.4 Å². The van der Waals surface area contributed by atoms with Crippen LogP contribution in [0.2, 0.25) is 0 Å². The Morgan fingerprint density at radius 1 is 1.15 bits per heavy atom. The zero-order chi connectivity index (χ0) is 33.2. The van der Waals surface area contributed by atoms with Crippen LogP contribution in [0, 0.1) is 5.92 Å². The highest BCUT2D eigenvalue weighted by molar-refractivity contribution is 5.90. The Morgan fingerprint density at radius 2 is 1.94 bits per heavy atom. The normalized spacial score (nSPS) is 22.9. The van der Waals surface area contributed by atoms with Gasteiger partial charge in [0, 0.05) is 17.7 Å². The van der Waals surface area contributed by atoms with Gasteiger partial charge in [-0.1, -0.05) is 50.8 Å². The molecule has 47 heavy (non-hydrogen) atoms. The van der Waals surface area contributed by atoms with Gasteiger partial charge in [-0.05, 0) is 41.7 Å². The van der Waals surface area contributed by atoms with Crippen molar-refractivity contribution in [2.75, 3.05) is 12.4 Å². The van der Waals surface area contributed by atoms with E-state index < -0.39 is 47.6 Å². The van der Waals surface area contributed by atoms with Gasteiger partial charge in [-0.15, -0.1) is 0 Å². The van der Waals surface area contributed by atoms with Gasteiger partial charge in [0.2, 0.25) is 23.6 Å². The molecule has 0 fully saturated rings. The van der Waals surface area contributed by atoms with Crippen molar-refractivity contribution in [3.8, 4) is 17.3 Å². The number of amides is 2. The molecule has 13 heteroatoms. The second kappa shape index (κ2) is 11.1. The molecule has 0 saturated heterocycles. The first-order valence-electron chi connectivity index (χ1n) is 15.2. The first-order valence-corrected chi connectivity index (χ1v) is 15.2. The Kier molecular flexibility index (Phi) is 7.16. The van der Waals surface area contributed by atoms with Gasteiger partial charge in [0.05, 0.1) is 7.11 Å². The summed E-state index contributed by atoms with van der Waals surface area (Å²) in [7, 11) is 1.24. The molecule has 242 valence electrons. The predicted molar refractivity (Wildman–Crippen MR) is 166 cm³/mol. The highest BCUT2D eigenvalue weighted by Crippen LogP contribution is 2.59. The number of nitrogens with one attached hydrogen (secondary N) is 3. The number of fused-ring (bicyclic) bond motifs is 4. The second-order valence-electron chi connectivity index (χ2n) is 12.3. The highest BCUT2D eigenvalue weighted by atomic mass is 16.5. The minimum absolute atomic E-state index is 0.00742. The molecule has 4 bridgehead atoms. The van der Waals surface area contributed by atoms with E-state index in [0.29, 0.717) is 22.6 Å². The van der Waals surface area contributed by atoms with Crippen molar-refractivity contribution in [2.45, 2.75) is 57.0 Å². The van der Waals surface area contributed by atoms with Gasteiger partial charge in [0.15, 0.2) is 23.4 Å². The largest absolute Gasteiger partial charge is 0.469 e. The van der Waals surface area contributed by atoms with E-state index in [9.17, 15) is 19.5 Å². The molecule has 2 aromatic carbocycles. The fourth-order valence-corrected chi connectivity index (χ4v) is 6.45. The minimum Gasteiger partial charge on any atom is -0.469 e. The molecular formula is C34H33N5O8. The van der Waals surface area contributed by atoms with Crippen molar-refractivity contribution < 1.29 is 37.8 Å². The van der Waals surface area contributed by atoms with Gasteiger partial charge in [-0.3, -0.25) is 9.59 Å². The number of aliphatic hydroxyl groups excluding tert-OH is 1. The summed E-state index contributed by atoms with van der Waals surface area (Å²) in [6, 6.07) is 11.3. The predicted octanol–water partition coefficient (Wildman–Crippen LogP) is 3.39. The average molecular weight is 640 g/mol. The van der Waals surface area contributed by atoms with E-state index in [4.69, 9.17) is 23.3 Å². The number of hydrogen-bond donors (Lipinski definition) is 4. The number of para-hydroxylation sites is 1. The fraction of sp³-hybridized carbons (Fsp3) is 0.324. The Balaban J connectivity index is 1.48. The Morgan fingerprint density at radius 3 is 2.68 bits per heavy atom. The molecule has 0 saturated carbocycles. The van der Waals surface area contributed by atoms with Crippen molar-refractivity contribution in [1.29, 1.82) is 0 Å². The maximum Gasteiger partial charge on any atom is 0.360 e. The molecule has 3 aliphatic rings. The van der Waals surface area contributed by atoms with Crippen LogP contribution in [0.5, 0.6) is 5.75 Å². The average Bonchev–Trinajstić information content (AvgIpc) is 3.83. The van der Waals surface area contributed by atoms with Crippen LogP contribution < -0.4 is 20.7 Å². The van der Waals surface area contributed by atoms with Crippen LogP contribution in [-0.2, 0) is 26.2 Å².